The molecule has 1 heterocycles. The quantitative estimate of drug-likeness (QED) is 0.378. The number of hydrogen-bond donors (Lipinski definition) is 0. The molecule has 0 aromatic carbocycles. The van der Waals surface area contributed by atoms with Gasteiger partial charge in [-0.3, -0.25) is 0 Å². The smallest absolute Gasteiger partial charge is 0.0881 e. The van der Waals surface area contributed by atoms with Gasteiger partial charge in [0.1, 0.15) is 0 Å². The van der Waals surface area contributed by atoms with E-state index >= 15 is 0 Å². The van der Waals surface area contributed by atoms with E-state index < -0.39 is 0 Å². The van der Waals surface area contributed by atoms with Crippen LogP contribution in [0.5, 0.6) is 0 Å². The van der Waals surface area contributed by atoms with Gasteiger partial charge >= 0.3 is 0 Å². The Kier molecular flexibility index (Phi) is 1.84. The van der Waals surface area contributed by atoms with Crippen LogP contribution in [-0.4, -0.2) is 31.7 Å². The molecule has 2 bridgehead atoms. The summed E-state index contributed by atoms with van der Waals surface area (Å²) in [5.74, 6) is 1.47. The Hall–Kier alpha value is -0.560. The summed E-state index contributed by atoms with van der Waals surface area (Å²) < 4.78 is 1.17. The summed E-state index contributed by atoms with van der Waals surface area (Å²) in [7, 11) is 4.68. The molecule has 1 aliphatic heterocycles. The zero-order valence-corrected chi connectivity index (χ0v) is 8.03. The van der Waals surface area contributed by atoms with Crippen molar-refractivity contribution in [2.24, 2.45) is 11.8 Å². The fraction of sp³-hybridized carbons (Fsp3) is 0.636. The van der Waals surface area contributed by atoms with Crippen molar-refractivity contribution in [1.29, 1.82) is 0 Å². The number of quaternary nitrogens is 1. The first-order valence-corrected chi connectivity index (χ1v) is 4.83. The lowest BCUT2D eigenvalue weighted by molar-refractivity contribution is -0.894. The lowest BCUT2D eigenvalue weighted by Gasteiger charge is -2.33. The zero-order valence-electron chi connectivity index (χ0n) is 8.03. The van der Waals surface area contributed by atoms with Gasteiger partial charge in [-0.15, -0.1) is 0 Å². The van der Waals surface area contributed by atoms with Gasteiger partial charge in [0.05, 0.1) is 27.2 Å². The first-order chi connectivity index (χ1) is 5.66. The number of fused-ring (bicyclic) bond motifs is 2. The van der Waals surface area contributed by atoms with E-state index in [1.54, 1.807) is 0 Å². The third kappa shape index (κ3) is 1.61. The zero-order chi connectivity index (χ0) is 8.60. The molecule has 1 heteroatoms. The molecule has 0 N–H and O–H groups in total. The molecule has 1 nitrogen and oxygen atoms in total. The Morgan fingerprint density at radius 2 is 1.92 bits per heavy atom. The monoisotopic (exact) mass is 164 g/mol. The Morgan fingerprint density at radius 3 is 2.75 bits per heavy atom. The molecule has 0 unspecified atom stereocenters. The van der Waals surface area contributed by atoms with Gasteiger partial charge in [0.15, 0.2) is 0 Å². The van der Waals surface area contributed by atoms with Crippen molar-refractivity contribution < 1.29 is 4.48 Å². The number of hydrogen-bond acceptors (Lipinski definition) is 0. The van der Waals surface area contributed by atoms with Crippen LogP contribution in [0.4, 0.5) is 0 Å². The topological polar surface area (TPSA) is 0 Å². The van der Waals surface area contributed by atoms with E-state index in [0.717, 1.165) is 5.92 Å². The number of allylic oxidation sites excluding steroid dienone is 1. The van der Waals surface area contributed by atoms with Gasteiger partial charge in [-0.25, -0.2) is 0 Å². The normalized spacial score (nSPS) is 37.8. The highest BCUT2D eigenvalue weighted by Crippen LogP contribution is 2.24. The molecule has 0 fully saturated rings. The average Bonchev–Trinajstić information content (AvgIpc) is 2.17. The molecule has 0 amide bonds. The summed E-state index contributed by atoms with van der Waals surface area (Å²) in [5, 5.41) is 0. The van der Waals surface area contributed by atoms with Crippen LogP contribution < -0.4 is 0 Å². The molecular formula is C11H18N+. The molecule has 66 valence electrons. The van der Waals surface area contributed by atoms with E-state index in [4.69, 9.17) is 0 Å². The Labute approximate surface area is 75.0 Å². The molecule has 0 aromatic heterocycles. The van der Waals surface area contributed by atoms with Crippen molar-refractivity contribution in [3.8, 4) is 0 Å². The van der Waals surface area contributed by atoms with Crippen LogP contribution in [0.15, 0.2) is 24.3 Å². The number of rotatable bonds is 0. The van der Waals surface area contributed by atoms with Crippen LogP contribution in [0.1, 0.15) is 6.42 Å². The maximum atomic E-state index is 2.41. The highest BCUT2D eigenvalue weighted by atomic mass is 15.3. The van der Waals surface area contributed by atoms with Gasteiger partial charge in [-0.1, -0.05) is 24.3 Å². The van der Waals surface area contributed by atoms with E-state index in [1.165, 1.54) is 24.0 Å². The van der Waals surface area contributed by atoms with Gasteiger partial charge in [-0.2, -0.15) is 0 Å². The van der Waals surface area contributed by atoms with Crippen LogP contribution in [-0.2, 0) is 0 Å². The minimum atomic E-state index is 0.687. The second-order valence-corrected chi connectivity index (χ2v) is 4.77. The van der Waals surface area contributed by atoms with Crippen molar-refractivity contribution >= 4 is 0 Å². The Bertz CT molecular complexity index is 225. The van der Waals surface area contributed by atoms with Gasteiger partial charge in [0.25, 0.3) is 0 Å². The van der Waals surface area contributed by atoms with Crippen molar-refractivity contribution in [2.75, 3.05) is 27.2 Å². The largest absolute Gasteiger partial charge is 0.327 e. The van der Waals surface area contributed by atoms with E-state index in [1.807, 2.05) is 0 Å². The summed E-state index contributed by atoms with van der Waals surface area (Å²) in [6, 6.07) is 0. The fourth-order valence-electron chi connectivity index (χ4n) is 2.41. The van der Waals surface area contributed by atoms with Crippen LogP contribution in [0.2, 0.25) is 0 Å². The van der Waals surface area contributed by atoms with Gasteiger partial charge in [0.2, 0.25) is 0 Å². The molecule has 1 aliphatic carbocycles. The summed E-state index contributed by atoms with van der Waals surface area (Å²) in [4.78, 5) is 0. The second kappa shape index (κ2) is 2.74. The van der Waals surface area contributed by atoms with Crippen LogP contribution >= 0.6 is 0 Å². The first-order valence-electron chi connectivity index (χ1n) is 4.83. The molecular weight excluding hydrogens is 146 g/mol. The van der Waals surface area contributed by atoms with Crippen molar-refractivity contribution in [3.05, 3.63) is 24.3 Å². The van der Waals surface area contributed by atoms with E-state index in [-0.39, 0.29) is 0 Å². The van der Waals surface area contributed by atoms with Gasteiger partial charge < -0.3 is 4.48 Å². The molecule has 12 heavy (non-hydrogen) atoms. The van der Waals surface area contributed by atoms with E-state index in [0.29, 0.717) is 5.92 Å². The average molecular weight is 164 g/mol. The molecule has 2 rings (SSSR count). The molecule has 2 atom stereocenters. The summed E-state index contributed by atoms with van der Waals surface area (Å²) in [6.45, 7) is 2.57. The Morgan fingerprint density at radius 1 is 1.08 bits per heavy atom. The second-order valence-electron chi connectivity index (χ2n) is 4.77. The highest BCUT2D eigenvalue weighted by Gasteiger charge is 2.27. The standard InChI is InChI=1S/C11H18N/c1-12(2)8-10-4-3-5-11(9-12)7-6-10/h3-4,6-7,10-11H,5,8-9H2,1-2H3/q+1/t10-,11+/m0/s1. The lowest BCUT2D eigenvalue weighted by Crippen LogP contribution is -2.45. The van der Waals surface area contributed by atoms with Crippen LogP contribution in [0.25, 0.3) is 0 Å². The van der Waals surface area contributed by atoms with Gasteiger partial charge in [0, 0.05) is 11.8 Å². The van der Waals surface area contributed by atoms with Crippen molar-refractivity contribution in [1.82, 2.24) is 0 Å². The first kappa shape index (κ1) is 8.06. The molecule has 0 radical (unpaired) electrons. The predicted octanol–water partition coefficient (Wildman–Crippen LogP) is 1.82. The minimum Gasteiger partial charge on any atom is -0.327 e. The summed E-state index contributed by atoms with van der Waals surface area (Å²) >= 11 is 0. The third-order valence-electron chi connectivity index (χ3n) is 2.89. The van der Waals surface area contributed by atoms with Crippen LogP contribution in [0, 0.1) is 11.8 Å². The molecule has 0 saturated carbocycles. The van der Waals surface area contributed by atoms with Crippen molar-refractivity contribution in [2.45, 2.75) is 6.42 Å². The van der Waals surface area contributed by atoms with Crippen LogP contribution in [0.3, 0.4) is 0 Å². The Balaban J connectivity index is 2.25. The van der Waals surface area contributed by atoms with Crippen molar-refractivity contribution in [3.63, 3.8) is 0 Å². The lowest BCUT2D eigenvalue weighted by atomic mass is 10.0. The molecule has 2 aliphatic rings. The highest BCUT2D eigenvalue weighted by molar-refractivity contribution is 5.09. The van der Waals surface area contributed by atoms with E-state index in [9.17, 15) is 0 Å². The van der Waals surface area contributed by atoms with E-state index in [2.05, 4.69) is 38.4 Å². The van der Waals surface area contributed by atoms with Gasteiger partial charge in [-0.05, 0) is 6.42 Å². The minimum absolute atomic E-state index is 0.687. The summed E-state index contributed by atoms with van der Waals surface area (Å²) in [5.41, 5.74) is 0. The maximum Gasteiger partial charge on any atom is 0.0881 e. The number of nitrogens with zero attached hydrogens (tertiary/aromatic N) is 1. The molecule has 0 spiro atoms. The summed E-state index contributed by atoms with van der Waals surface area (Å²) in [6.07, 6.45) is 10.8. The third-order valence-corrected chi connectivity index (χ3v) is 2.89. The SMILES string of the molecule is C[N+]1(C)C[C@H]2C=CC[C@H](C=C2)C1. The fourth-order valence-corrected chi connectivity index (χ4v) is 2.41. The predicted molar refractivity (Wildman–Crippen MR) is 51.7 cm³/mol. The maximum absolute atomic E-state index is 2.41. The molecule has 0 saturated heterocycles. The molecule has 0 aromatic rings.